The first-order chi connectivity index (χ1) is 9.24. The summed E-state index contributed by atoms with van der Waals surface area (Å²) >= 11 is 0. The molecule has 0 aliphatic carbocycles. The molecule has 0 fully saturated rings. The average molecular weight is 259 g/mol. The predicted molar refractivity (Wildman–Crippen MR) is 70.5 cm³/mol. The Hall–Kier alpha value is -2.24. The number of carbonyl (C=O) groups is 1. The van der Waals surface area contributed by atoms with Gasteiger partial charge in [-0.3, -0.25) is 14.9 Å². The minimum atomic E-state index is -0.288. The van der Waals surface area contributed by atoms with E-state index < -0.39 is 0 Å². The maximum absolute atomic E-state index is 11.9. The summed E-state index contributed by atoms with van der Waals surface area (Å²) in [6.07, 6.45) is 3.34. The van der Waals surface area contributed by atoms with Gasteiger partial charge in [0.2, 0.25) is 5.82 Å². The molecule has 0 bridgehead atoms. The highest BCUT2D eigenvalue weighted by Crippen LogP contribution is 2.05. The van der Waals surface area contributed by atoms with Gasteiger partial charge >= 0.3 is 0 Å². The third-order valence-corrected chi connectivity index (χ3v) is 2.85. The molecule has 0 saturated carbocycles. The van der Waals surface area contributed by atoms with E-state index >= 15 is 0 Å². The minimum Gasteiger partial charge on any atom is -0.344 e. The van der Waals surface area contributed by atoms with Crippen molar-refractivity contribution < 1.29 is 4.79 Å². The fourth-order valence-corrected chi connectivity index (χ4v) is 1.75. The number of nitrogens with one attached hydrogen (secondary N) is 2. The molecule has 0 atom stereocenters. The Bertz CT molecular complexity index is 564. The molecule has 6 heteroatoms. The van der Waals surface area contributed by atoms with Crippen LogP contribution in [0.15, 0.2) is 18.3 Å². The molecule has 0 aliphatic rings. The molecule has 19 heavy (non-hydrogen) atoms. The van der Waals surface area contributed by atoms with Crippen LogP contribution >= 0.6 is 0 Å². The van der Waals surface area contributed by atoms with Gasteiger partial charge in [-0.1, -0.05) is 19.9 Å². The summed E-state index contributed by atoms with van der Waals surface area (Å²) in [5.41, 5.74) is 2.01. The van der Waals surface area contributed by atoms with Crippen LogP contribution in [-0.4, -0.2) is 26.1 Å². The second-order valence-corrected chi connectivity index (χ2v) is 4.10. The lowest BCUT2D eigenvalue weighted by atomic mass is 10.1. The quantitative estimate of drug-likeness (QED) is 0.846. The lowest BCUT2D eigenvalue weighted by Crippen LogP contribution is -2.25. The van der Waals surface area contributed by atoms with E-state index in [1.54, 1.807) is 6.20 Å². The van der Waals surface area contributed by atoms with E-state index in [2.05, 4.69) is 32.4 Å². The van der Waals surface area contributed by atoms with Crippen LogP contribution in [0.5, 0.6) is 0 Å². The molecule has 1 amide bonds. The Morgan fingerprint density at radius 1 is 1.37 bits per heavy atom. The minimum absolute atomic E-state index is 0.172. The fraction of sp³-hybridized carbons (Fsp3) is 0.385. The molecule has 2 N–H and O–H groups in total. The summed E-state index contributed by atoms with van der Waals surface area (Å²) in [4.78, 5) is 20.2. The third-order valence-electron chi connectivity index (χ3n) is 2.85. The van der Waals surface area contributed by atoms with Gasteiger partial charge in [-0.15, -0.1) is 5.10 Å². The second kappa shape index (κ2) is 6.08. The van der Waals surface area contributed by atoms with Crippen LogP contribution in [0, 0.1) is 0 Å². The number of amides is 1. The number of aromatic amines is 1. The van der Waals surface area contributed by atoms with Crippen molar-refractivity contribution in [3.63, 3.8) is 0 Å². The Morgan fingerprint density at radius 3 is 2.89 bits per heavy atom. The van der Waals surface area contributed by atoms with Crippen molar-refractivity contribution in [3.8, 4) is 0 Å². The first-order valence-corrected chi connectivity index (χ1v) is 6.36. The molecular formula is C13H17N5O. The van der Waals surface area contributed by atoms with Crippen LogP contribution < -0.4 is 5.32 Å². The second-order valence-electron chi connectivity index (χ2n) is 4.10. The molecule has 6 nitrogen and oxygen atoms in total. The number of hydrogen-bond donors (Lipinski definition) is 2. The topological polar surface area (TPSA) is 83.6 Å². The predicted octanol–water partition coefficient (Wildman–Crippen LogP) is 1.25. The van der Waals surface area contributed by atoms with Gasteiger partial charge in [0.15, 0.2) is 0 Å². The Balaban J connectivity index is 2.00. The summed E-state index contributed by atoms with van der Waals surface area (Å²) in [5.74, 6) is 0.590. The first kappa shape index (κ1) is 13.2. The van der Waals surface area contributed by atoms with Crippen molar-refractivity contribution in [1.82, 2.24) is 25.5 Å². The van der Waals surface area contributed by atoms with Crippen LogP contribution in [0.1, 0.15) is 41.5 Å². The maximum Gasteiger partial charge on any atom is 0.291 e. The third kappa shape index (κ3) is 3.15. The van der Waals surface area contributed by atoms with Crippen molar-refractivity contribution in [3.05, 3.63) is 41.2 Å². The summed E-state index contributed by atoms with van der Waals surface area (Å²) in [5, 5.41) is 9.37. The normalized spacial score (nSPS) is 10.4. The number of rotatable bonds is 5. The molecule has 2 aromatic rings. The number of pyridine rings is 1. The van der Waals surface area contributed by atoms with E-state index in [-0.39, 0.29) is 11.7 Å². The Kier molecular flexibility index (Phi) is 4.22. The number of H-pyrrole nitrogens is 1. The molecule has 2 rings (SSSR count). The van der Waals surface area contributed by atoms with E-state index in [0.29, 0.717) is 12.4 Å². The lowest BCUT2D eigenvalue weighted by Gasteiger charge is -2.06. The van der Waals surface area contributed by atoms with Crippen molar-refractivity contribution in [2.45, 2.75) is 33.2 Å². The lowest BCUT2D eigenvalue weighted by molar-refractivity contribution is 0.0940. The van der Waals surface area contributed by atoms with Gasteiger partial charge in [0.1, 0.15) is 5.82 Å². The maximum atomic E-state index is 11.9. The van der Waals surface area contributed by atoms with Crippen LogP contribution in [0.3, 0.4) is 0 Å². The highest BCUT2D eigenvalue weighted by Gasteiger charge is 2.12. The van der Waals surface area contributed by atoms with Crippen LogP contribution in [-0.2, 0) is 19.4 Å². The monoisotopic (exact) mass is 259 g/mol. The van der Waals surface area contributed by atoms with Gasteiger partial charge in [0.05, 0.1) is 12.2 Å². The zero-order valence-electron chi connectivity index (χ0n) is 11.1. The molecule has 0 unspecified atom stereocenters. The molecule has 2 heterocycles. The molecular weight excluding hydrogens is 242 g/mol. The van der Waals surface area contributed by atoms with Crippen LogP contribution in [0.4, 0.5) is 0 Å². The van der Waals surface area contributed by atoms with Gasteiger partial charge in [-0.05, 0) is 18.1 Å². The molecule has 0 saturated heterocycles. The number of aromatic nitrogens is 4. The van der Waals surface area contributed by atoms with Crippen molar-refractivity contribution in [1.29, 1.82) is 0 Å². The van der Waals surface area contributed by atoms with Crippen molar-refractivity contribution in [2.75, 3.05) is 0 Å². The first-order valence-electron chi connectivity index (χ1n) is 6.36. The molecule has 0 radical (unpaired) electrons. The summed E-state index contributed by atoms with van der Waals surface area (Å²) in [6.45, 7) is 4.40. The standard InChI is InChI=1S/C13H17N5O/c1-3-9-6-5-7-14-10(9)8-15-13(19)12-16-11(4-2)17-18-12/h5-7H,3-4,8H2,1-2H3,(H,15,19)(H,16,17,18). The zero-order chi connectivity index (χ0) is 13.7. The summed E-state index contributed by atoms with van der Waals surface area (Å²) in [6, 6.07) is 3.91. The van der Waals surface area contributed by atoms with E-state index in [0.717, 1.165) is 24.1 Å². The van der Waals surface area contributed by atoms with Crippen LogP contribution in [0.2, 0.25) is 0 Å². The summed E-state index contributed by atoms with van der Waals surface area (Å²) in [7, 11) is 0. The van der Waals surface area contributed by atoms with E-state index in [9.17, 15) is 4.79 Å². The molecule has 0 aliphatic heterocycles. The van der Waals surface area contributed by atoms with Crippen molar-refractivity contribution >= 4 is 5.91 Å². The molecule has 100 valence electrons. The highest BCUT2D eigenvalue weighted by atomic mass is 16.2. The number of nitrogens with zero attached hydrogens (tertiary/aromatic N) is 3. The smallest absolute Gasteiger partial charge is 0.291 e. The van der Waals surface area contributed by atoms with Crippen molar-refractivity contribution in [2.24, 2.45) is 0 Å². The van der Waals surface area contributed by atoms with E-state index in [1.807, 2.05) is 19.1 Å². The molecule has 0 aromatic carbocycles. The number of hydrogen-bond acceptors (Lipinski definition) is 4. The van der Waals surface area contributed by atoms with Gasteiger partial charge in [0.25, 0.3) is 5.91 Å². The van der Waals surface area contributed by atoms with Gasteiger partial charge in [-0.25, -0.2) is 4.98 Å². The SMILES string of the molecule is CCc1nc(C(=O)NCc2ncccc2CC)n[nH]1. The largest absolute Gasteiger partial charge is 0.344 e. The number of carbonyl (C=O) groups excluding carboxylic acids is 1. The van der Waals surface area contributed by atoms with Gasteiger partial charge in [0, 0.05) is 12.6 Å². The Morgan fingerprint density at radius 2 is 2.21 bits per heavy atom. The average Bonchev–Trinajstić information content (AvgIpc) is 2.94. The van der Waals surface area contributed by atoms with Crippen LogP contribution in [0.25, 0.3) is 0 Å². The molecule has 0 spiro atoms. The summed E-state index contributed by atoms with van der Waals surface area (Å²) < 4.78 is 0. The zero-order valence-corrected chi connectivity index (χ0v) is 11.1. The Labute approximate surface area is 111 Å². The van der Waals surface area contributed by atoms with E-state index in [4.69, 9.17) is 0 Å². The molecule has 2 aromatic heterocycles. The van der Waals surface area contributed by atoms with Gasteiger partial charge < -0.3 is 5.32 Å². The fourth-order valence-electron chi connectivity index (χ4n) is 1.75. The van der Waals surface area contributed by atoms with Gasteiger partial charge in [-0.2, -0.15) is 0 Å². The highest BCUT2D eigenvalue weighted by molar-refractivity contribution is 5.90. The number of aryl methyl sites for hydroxylation is 2. The van der Waals surface area contributed by atoms with E-state index in [1.165, 1.54) is 0 Å².